The first kappa shape index (κ1) is 42.1. The Morgan fingerprint density at radius 2 is 1.55 bits per heavy atom. The van der Waals surface area contributed by atoms with Crippen molar-refractivity contribution < 1.29 is 84.3 Å². The molecular weight excluding hydrogens is 752 g/mol. The number of hydrogen-bond acceptors (Lipinski definition) is 19. The summed E-state index contributed by atoms with van der Waals surface area (Å²) in [6.45, 7) is 0.402. The maximum Gasteiger partial charge on any atom is 0.320 e. The summed E-state index contributed by atoms with van der Waals surface area (Å²) < 4.78 is 28.4. The lowest BCUT2D eigenvalue weighted by Gasteiger charge is -2.42. The second-order valence-electron chi connectivity index (χ2n) is 13.3. The van der Waals surface area contributed by atoms with E-state index in [2.05, 4.69) is 10.3 Å². The highest BCUT2D eigenvalue weighted by atomic mass is 16.7. The van der Waals surface area contributed by atoms with Crippen molar-refractivity contribution in [2.75, 3.05) is 13.2 Å². The van der Waals surface area contributed by atoms with Gasteiger partial charge in [-0.05, 0) is 38.0 Å². The molecule has 22 heteroatoms. The quantitative estimate of drug-likeness (QED) is 0.0333. The molecule has 0 bridgehead atoms. The second kappa shape index (κ2) is 17.4. The predicted octanol–water partition coefficient (Wildman–Crippen LogP) is -3.09. The molecule has 0 unspecified atom stereocenters. The van der Waals surface area contributed by atoms with E-state index in [1.807, 2.05) is 0 Å². The summed E-state index contributed by atoms with van der Waals surface area (Å²) in [7, 11) is 0. The number of fused-ring (bicyclic) bond motifs is 1. The number of carbonyl (C=O) groups is 1. The van der Waals surface area contributed by atoms with Crippen molar-refractivity contribution in [1.29, 1.82) is 0 Å². The van der Waals surface area contributed by atoms with Crippen LogP contribution in [0.5, 0.6) is 28.7 Å². The first-order chi connectivity index (χ1) is 26.4. The number of carboxylic acids is 1. The van der Waals surface area contributed by atoms with E-state index in [4.69, 9.17) is 34.8 Å². The van der Waals surface area contributed by atoms with E-state index in [1.165, 1.54) is 13.0 Å². The van der Waals surface area contributed by atoms with Crippen LogP contribution in [0.2, 0.25) is 0 Å². The molecule has 22 nitrogen and oxygen atoms in total. The Balaban J connectivity index is 1.51. The van der Waals surface area contributed by atoms with Crippen molar-refractivity contribution in [2.24, 2.45) is 16.5 Å². The van der Waals surface area contributed by atoms with Gasteiger partial charge >= 0.3 is 5.97 Å². The highest BCUT2D eigenvalue weighted by Gasteiger charge is 2.48. The molecule has 2 saturated heterocycles. The third kappa shape index (κ3) is 8.84. The Hall–Kier alpha value is -5.01. The first-order valence-corrected chi connectivity index (χ1v) is 17.2. The van der Waals surface area contributed by atoms with E-state index in [1.54, 1.807) is 0 Å². The summed E-state index contributed by atoms with van der Waals surface area (Å²) in [5.41, 5.74) is 8.64. The van der Waals surface area contributed by atoms with Crippen LogP contribution in [0, 0.1) is 0 Å². The topological polar surface area (TPSA) is 383 Å². The third-order valence-corrected chi connectivity index (χ3v) is 9.33. The molecule has 0 radical (unpaired) electrons. The number of nitrogens with one attached hydrogen (secondary N) is 1. The molecule has 11 atom stereocenters. The summed E-state index contributed by atoms with van der Waals surface area (Å²) in [5, 5.41) is 117. The van der Waals surface area contributed by atoms with Crippen molar-refractivity contribution in [3.05, 3.63) is 40.1 Å². The van der Waals surface area contributed by atoms with Gasteiger partial charge < -0.3 is 96.3 Å². The van der Waals surface area contributed by atoms with Gasteiger partial charge in [-0.2, -0.15) is 0 Å². The lowest BCUT2D eigenvalue weighted by molar-refractivity contribution is -0.318. The minimum absolute atomic E-state index is 0.0254. The SMILES string of the molecule is C[C@@H]1O[C@H](OC[C@@H]2O[C@H](Oc3c(-c4ccc(O)c(O)c4)oc4c(CN[C@H](CCCN=C(N)N)C(=O)O)c(O)cc(O)c4c3=O)[C@H](O)[C@H](O)[C@H]2O)[C@@H](O)[C@H](O)[C@@H]1O. The summed E-state index contributed by atoms with van der Waals surface area (Å²) in [6, 6.07) is 2.74. The van der Waals surface area contributed by atoms with Gasteiger partial charge in [0.1, 0.15) is 65.7 Å². The zero-order valence-electron chi connectivity index (χ0n) is 29.6. The number of aliphatic hydroxyl groups is 6. The molecule has 2 fully saturated rings. The lowest BCUT2D eigenvalue weighted by atomic mass is 9.98. The molecule has 56 heavy (non-hydrogen) atoms. The molecule has 0 spiro atoms. The molecule has 0 aliphatic carbocycles. The van der Waals surface area contributed by atoms with Crippen molar-refractivity contribution in [3.8, 4) is 40.1 Å². The standard InChI is InChI=1S/C34H44N4O18/c1-11-21(43)24(46)26(48)32(53-11)52-10-19-22(44)25(47)27(49)33(54-19)56-30-23(45)20-18(42)8-16(40)13(9-38-14(31(50)51)3-2-6-37-34(35)36)29(20)55-28(30)12-4-5-15(39)17(41)7-12/h4-5,7-8,11,14,19,21-22,24-27,32-33,38-44,46-49H,2-3,6,9-10H2,1H3,(H,50,51)(H4,35,36,37)/t11-,14+,19-,21+,22-,24+,25+,26-,27+,32-,33+/m0/s1. The molecule has 0 amide bonds. The fourth-order valence-electron chi connectivity index (χ4n) is 6.15. The first-order valence-electron chi connectivity index (χ1n) is 17.2. The number of phenolic OH excluding ortho intramolecular Hbond substituents is 4. The van der Waals surface area contributed by atoms with Crippen LogP contribution >= 0.6 is 0 Å². The minimum Gasteiger partial charge on any atom is -0.507 e. The van der Waals surface area contributed by atoms with Gasteiger partial charge in [0.25, 0.3) is 0 Å². The van der Waals surface area contributed by atoms with E-state index in [0.29, 0.717) is 0 Å². The molecular formula is C34H44N4O18. The van der Waals surface area contributed by atoms with Gasteiger partial charge in [0.05, 0.1) is 18.3 Å². The number of carboxylic acid groups (broad SMARTS) is 1. The van der Waals surface area contributed by atoms with Gasteiger partial charge in [-0.25, -0.2) is 0 Å². The van der Waals surface area contributed by atoms with Crippen LogP contribution in [0.1, 0.15) is 25.3 Å². The average molecular weight is 797 g/mol. The van der Waals surface area contributed by atoms with E-state index in [0.717, 1.165) is 18.2 Å². The molecule has 2 aromatic carbocycles. The van der Waals surface area contributed by atoms with E-state index in [-0.39, 0.29) is 36.5 Å². The maximum atomic E-state index is 14.3. The van der Waals surface area contributed by atoms with Gasteiger partial charge in [0.15, 0.2) is 35.1 Å². The van der Waals surface area contributed by atoms with Crippen molar-refractivity contribution in [2.45, 2.75) is 93.8 Å². The minimum atomic E-state index is -2.07. The fraction of sp³-hybridized carbons (Fsp3) is 0.500. The number of nitrogens with zero attached hydrogens (tertiary/aromatic N) is 1. The number of rotatable bonds is 14. The number of aliphatic imine (C=N–C) groups is 1. The Kier molecular flexibility index (Phi) is 13.1. The number of aromatic hydroxyl groups is 4. The highest BCUT2D eigenvalue weighted by molar-refractivity contribution is 5.91. The van der Waals surface area contributed by atoms with Crippen molar-refractivity contribution in [1.82, 2.24) is 5.32 Å². The van der Waals surface area contributed by atoms with E-state index < -0.39 is 137 Å². The molecule has 1 aromatic heterocycles. The van der Waals surface area contributed by atoms with Crippen LogP contribution in [-0.4, -0.2) is 149 Å². The smallest absolute Gasteiger partial charge is 0.320 e. The van der Waals surface area contributed by atoms with Crippen LogP contribution in [0.3, 0.4) is 0 Å². The average Bonchev–Trinajstić information content (AvgIpc) is 3.14. The molecule has 2 aliphatic rings. The van der Waals surface area contributed by atoms with Gasteiger partial charge in [0.2, 0.25) is 17.5 Å². The number of guanidine groups is 1. The third-order valence-electron chi connectivity index (χ3n) is 9.33. The molecule has 2 aliphatic heterocycles. The lowest BCUT2D eigenvalue weighted by Crippen LogP contribution is -2.61. The molecule has 308 valence electrons. The number of aliphatic carboxylic acids is 1. The highest BCUT2D eigenvalue weighted by Crippen LogP contribution is 2.41. The van der Waals surface area contributed by atoms with Crippen LogP contribution in [-0.2, 0) is 25.5 Å². The van der Waals surface area contributed by atoms with Gasteiger partial charge in [-0.1, -0.05) is 0 Å². The van der Waals surface area contributed by atoms with Crippen molar-refractivity contribution >= 4 is 22.9 Å². The fourth-order valence-corrected chi connectivity index (χ4v) is 6.15. The molecule has 0 saturated carbocycles. The summed E-state index contributed by atoms with van der Waals surface area (Å²) in [5.74, 6) is -5.53. The van der Waals surface area contributed by atoms with E-state index in [9.17, 15) is 65.8 Å². The maximum absolute atomic E-state index is 14.3. The summed E-state index contributed by atoms with van der Waals surface area (Å²) in [6.07, 6.45) is -16.6. The number of aliphatic hydroxyl groups excluding tert-OH is 6. The van der Waals surface area contributed by atoms with Crippen LogP contribution < -0.4 is 26.9 Å². The Morgan fingerprint density at radius 3 is 2.21 bits per heavy atom. The normalized spacial score (nSPS) is 28.5. The van der Waals surface area contributed by atoms with Crippen LogP contribution in [0.25, 0.3) is 22.3 Å². The monoisotopic (exact) mass is 796 g/mol. The van der Waals surface area contributed by atoms with Gasteiger partial charge in [0, 0.05) is 24.7 Å². The Morgan fingerprint density at radius 1 is 0.875 bits per heavy atom. The zero-order valence-corrected chi connectivity index (χ0v) is 29.6. The molecule has 3 aromatic rings. The zero-order chi connectivity index (χ0) is 41.2. The van der Waals surface area contributed by atoms with Gasteiger partial charge in [-0.3, -0.25) is 14.6 Å². The number of ether oxygens (including phenoxy) is 4. The molecule has 5 rings (SSSR count). The summed E-state index contributed by atoms with van der Waals surface area (Å²) >= 11 is 0. The predicted molar refractivity (Wildman–Crippen MR) is 188 cm³/mol. The second-order valence-corrected chi connectivity index (χ2v) is 13.3. The van der Waals surface area contributed by atoms with Gasteiger partial charge in [-0.15, -0.1) is 0 Å². The van der Waals surface area contributed by atoms with Crippen LogP contribution in [0.4, 0.5) is 0 Å². The summed E-state index contributed by atoms with van der Waals surface area (Å²) in [4.78, 5) is 30.1. The Bertz CT molecular complexity index is 1970. The number of nitrogens with two attached hydrogens (primary N) is 2. The largest absolute Gasteiger partial charge is 0.507 e. The molecule has 3 heterocycles. The van der Waals surface area contributed by atoms with E-state index >= 15 is 0 Å². The molecule has 16 N–H and O–H groups in total. The Labute approximate surface area is 316 Å². The number of benzene rings is 2. The number of hydrogen-bond donors (Lipinski definition) is 14. The van der Waals surface area contributed by atoms with Crippen LogP contribution in [0.15, 0.2) is 38.5 Å². The number of phenols is 4. The van der Waals surface area contributed by atoms with Crippen molar-refractivity contribution in [3.63, 3.8) is 0 Å².